The van der Waals surface area contributed by atoms with Crippen molar-refractivity contribution in [2.45, 2.75) is 6.92 Å². The van der Waals surface area contributed by atoms with E-state index in [1.807, 2.05) is 4.90 Å². The summed E-state index contributed by atoms with van der Waals surface area (Å²) in [5, 5.41) is 3.34. The average Bonchev–Trinajstić information content (AvgIpc) is 2.71. The minimum absolute atomic E-state index is 0.0248. The highest BCUT2D eigenvalue weighted by molar-refractivity contribution is 6.30. The second-order valence-corrected chi connectivity index (χ2v) is 7.43. The molecule has 0 atom stereocenters. The summed E-state index contributed by atoms with van der Waals surface area (Å²) < 4.78 is 0. The van der Waals surface area contributed by atoms with Crippen LogP contribution >= 0.6 is 11.6 Å². The molecule has 28 heavy (non-hydrogen) atoms. The molecule has 0 aliphatic carbocycles. The Kier molecular flexibility index (Phi) is 6.74. The van der Waals surface area contributed by atoms with E-state index in [4.69, 9.17) is 11.6 Å². The van der Waals surface area contributed by atoms with Gasteiger partial charge in [0.1, 0.15) is 6.54 Å². The van der Waals surface area contributed by atoms with Crippen molar-refractivity contribution in [2.75, 3.05) is 64.2 Å². The molecule has 8 nitrogen and oxygen atoms in total. The molecule has 0 bridgehead atoms. The Morgan fingerprint density at radius 1 is 1.00 bits per heavy atom. The minimum atomic E-state index is -0.336. The summed E-state index contributed by atoms with van der Waals surface area (Å²) in [5.41, 5.74) is 0.616. The first-order valence-corrected chi connectivity index (χ1v) is 9.93. The van der Waals surface area contributed by atoms with E-state index in [0.717, 1.165) is 19.6 Å². The van der Waals surface area contributed by atoms with Crippen LogP contribution in [-0.4, -0.2) is 96.3 Å². The number of rotatable bonds is 4. The fourth-order valence-corrected chi connectivity index (χ4v) is 3.49. The lowest BCUT2D eigenvalue weighted by Gasteiger charge is -2.37. The lowest BCUT2D eigenvalue weighted by Crippen LogP contribution is -2.57. The zero-order valence-corrected chi connectivity index (χ0v) is 16.8. The molecule has 152 valence electrons. The van der Waals surface area contributed by atoms with Crippen molar-refractivity contribution < 1.29 is 14.4 Å². The number of halogens is 1. The van der Waals surface area contributed by atoms with Crippen LogP contribution in [0.15, 0.2) is 24.3 Å². The maximum atomic E-state index is 12.5. The largest absolute Gasteiger partial charge is 0.339 e. The molecule has 9 heteroatoms. The topological polar surface area (TPSA) is 76.2 Å². The molecule has 1 aromatic carbocycles. The lowest BCUT2D eigenvalue weighted by molar-refractivity contribution is -0.143. The lowest BCUT2D eigenvalue weighted by atomic mass is 10.2. The first kappa shape index (κ1) is 20.4. The summed E-state index contributed by atoms with van der Waals surface area (Å²) in [6.07, 6.45) is 0. The van der Waals surface area contributed by atoms with Crippen LogP contribution in [-0.2, 0) is 9.59 Å². The highest BCUT2D eigenvalue weighted by Gasteiger charge is 2.30. The maximum Gasteiger partial charge on any atom is 0.322 e. The van der Waals surface area contributed by atoms with Crippen LogP contribution in [0.4, 0.5) is 10.5 Å². The molecule has 4 amide bonds. The predicted molar refractivity (Wildman–Crippen MR) is 107 cm³/mol. The van der Waals surface area contributed by atoms with E-state index < -0.39 is 0 Å². The molecule has 2 saturated heterocycles. The van der Waals surface area contributed by atoms with E-state index in [1.165, 1.54) is 4.90 Å². The second-order valence-electron chi connectivity index (χ2n) is 6.99. The van der Waals surface area contributed by atoms with Crippen molar-refractivity contribution in [3.8, 4) is 0 Å². The Morgan fingerprint density at radius 2 is 1.64 bits per heavy atom. The van der Waals surface area contributed by atoms with Crippen LogP contribution in [0.3, 0.4) is 0 Å². The van der Waals surface area contributed by atoms with E-state index in [-0.39, 0.29) is 30.9 Å². The van der Waals surface area contributed by atoms with E-state index in [2.05, 4.69) is 17.1 Å². The zero-order valence-electron chi connectivity index (χ0n) is 16.1. The molecule has 0 unspecified atom stereocenters. The summed E-state index contributed by atoms with van der Waals surface area (Å²) >= 11 is 5.84. The van der Waals surface area contributed by atoms with E-state index in [9.17, 15) is 14.4 Å². The number of hydrogen-bond donors (Lipinski definition) is 1. The fourth-order valence-electron chi connectivity index (χ4n) is 3.36. The number of nitrogens with one attached hydrogen (secondary N) is 1. The van der Waals surface area contributed by atoms with Gasteiger partial charge >= 0.3 is 6.03 Å². The van der Waals surface area contributed by atoms with Crippen molar-refractivity contribution in [3.63, 3.8) is 0 Å². The zero-order chi connectivity index (χ0) is 20.1. The SMILES string of the molecule is CCN1CCN(C(=O)CN2CCN(C(=O)Nc3ccc(Cl)cc3)CC2=O)CC1. The smallest absolute Gasteiger partial charge is 0.322 e. The van der Waals surface area contributed by atoms with Gasteiger partial charge in [0.15, 0.2) is 0 Å². The van der Waals surface area contributed by atoms with Crippen LogP contribution in [0.1, 0.15) is 6.92 Å². The highest BCUT2D eigenvalue weighted by atomic mass is 35.5. The van der Waals surface area contributed by atoms with Crippen LogP contribution in [0.25, 0.3) is 0 Å². The molecule has 2 aliphatic heterocycles. The Balaban J connectivity index is 1.46. The Hall–Kier alpha value is -2.32. The normalized spacial score (nSPS) is 18.4. The first-order valence-electron chi connectivity index (χ1n) is 9.55. The maximum absolute atomic E-state index is 12.5. The second kappa shape index (κ2) is 9.25. The van der Waals surface area contributed by atoms with Gasteiger partial charge in [0.05, 0.1) is 6.54 Å². The molecule has 2 heterocycles. The summed E-state index contributed by atoms with van der Waals surface area (Å²) in [5.74, 6) is -0.235. The van der Waals surface area contributed by atoms with E-state index >= 15 is 0 Å². The Labute approximate surface area is 170 Å². The number of likely N-dealkylation sites (N-methyl/N-ethyl adjacent to an activating group) is 1. The molecule has 2 aliphatic rings. The number of carbonyl (C=O) groups excluding carboxylic acids is 3. The number of urea groups is 1. The molecule has 0 saturated carbocycles. The Morgan fingerprint density at radius 3 is 2.25 bits per heavy atom. The summed E-state index contributed by atoms with van der Waals surface area (Å²) in [7, 11) is 0. The molecular formula is C19H26ClN5O3. The van der Waals surface area contributed by atoms with Gasteiger partial charge in [-0.15, -0.1) is 0 Å². The van der Waals surface area contributed by atoms with Gasteiger partial charge in [-0.1, -0.05) is 18.5 Å². The van der Waals surface area contributed by atoms with Gasteiger partial charge in [-0.3, -0.25) is 9.59 Å². The molecular weight excluding hydrogens is 382 g/mol. The van der Waals surface area contributed by atoms with Gasteiger partial charge in [-0.05, 0) is 30.8 Å². The number of piperazine rings is 2. The quantitative estimate of drug-likeness (QED) is 0.813. The molecule has 2 fully saturated rings. The third-order valence-electron chi connectivity index (χ3n) is 5.20. The number of benzene rings is 1. The van der Waals surface area contributed by atoms with E-state index in [1.54, 1.807) is 29.2 Å². The summed E-state index contributed by atoms with van der Waals surface area (Å²) in [6.45, 7) is 7.03. The van der Waals surface area contributed by atoms with Gasteiger partial charge in [-0.2, -0.15) is 0 Å². The molecule has 0 aromatic heterocycles. The van der Waals surface area contributed by atoms with Gasteiger partial charge in [0.2, 0.25) is 11.8 Å². The third kappa shape index (κ3) is 5.14. The van der Waals surface area contributed by atoms with Gasteiger partial charge < -0.3 is 24.9 Å². The molecule has 1 aromatic rings. The van der Waals surface area contributed by atoms with Crippen LogP contribution in [0, 0.1) is 0 Å². The van der Waals surface area contributed by atoms with Crippen LogP contribution < -0.4 is 5.32 Å². The van der Waals surface area contributed by atoms with Crippen molar-refractivity contribution in [3.05, 3.63) is 29.3 Å². The fraction of sp³-hybridized carbons (Fsp3) is 0.526. The number of amides is 4. The van der Waals surface area contributed by atoms with Crippen molar-refractivity contribution in [2.24, 2.45) is 0 Å². The summed E-state index contributed by atoms with van der Waals surface area (Å²) in [4.78, 5) is 44.4. The van der Waals surface area contributed by atoms with Crippen molar-refractivity contribution in [1.82, 2.24) is 19.6 Å². The number of hydrogen-bond acceptors (Lipinski definition) is 4. The molecule has 1 N–H and O–H groups in total. The van der Waals surface area contributed by atoms with Crippen molar-refractivity contribution in [1.29, 1.82) is 0 Å². The number of nitrogens with zero attached hydrogens (tertiary/aromatic N) is 4. The standard InChI is InChI=1S/C19H26ClN5O3/c1-2-22-7-9-23(10-8-22)17(26)13-24-11-12-25(14-18(24)27)19(28)21-16-5-3-15(20)4-6-16/h3-6H,2,7-14H2,1H3,(H,21,28). The van der Waals surface area contributed by atoms with Crippen LogP contribution in [0.5, 0.6) is 0 Å². The van der Waals surface area contributed by atoms with Crippen molar-refractivity contribution >= 4 is 35.1 Å². The summed E-state index contributed by atoms with van der Waals surface area (Å²) in [6, 6.07) is 6.44. The first-order chi connectivity index (χ1) is 13.5. The van der Waals surface area contributed by atoms with E-state index in [0.29, 0.717) is 36.9 Å². The Bertz CT molecular complexity index is 719. The predicted octanol–water partition coefficient (Wildman–Crippen LogP) is 1.18. The average molecular weight is 408 g/mol. The molecule has 3 rings (SSSR count). The van der Waals surface area contributed by atoms with Gasteiger partial charge in [-0.25, -0.2) is 4.79 Å². The number of carbonyl (C=O) groups is 3. The molecule has 0 radical (unpaired) electrons. The van der Waals surface area contributed by atoms with Crippen LogP contribution in [0.2, 0.25) is 5.02 Å². The highest BCUT2D eigenvalue weighted by Crippen LogP contribution is 2.15. The monoisotopic (exact) mass is 407 g/mol. The van der Waals surface area contributed by atoms with Gasteiger partial charge in [0, 0.05) is 50.0 Å². The molecule has 0 spiro atoms. The number of anilines is 1. The third-order valence-corrected chi connectivity index (χ3v) is 5.45. The van der Waals surface area contributed by atoms with Gasteiger partial charge in [0.25, 0.3) is 0 Å². The minimum Gasteiger partial charge on any atom is -0.339 e.